The van der Waals surface area contributed by atoms with Gasteiger partial charge in [-0.1, -0.05) is 27.2 Å². The third-order valence-electron chi connectivity index (χ3n) is 2.95. The van der Waals surface area contributed by atoms with Gasteiger partial charge in [0.1, 0.15) is 0 Å². The third-order valence-corrected chi connectivity index (χ3v) is 2.95. The van der Waals surface area contributed by atoms with Crippen LogP contribution in [-0.2, 0) is 6.54 Å². The van der Waals surface area contributed by atoms with Gasteiger partial charge in [0.15, 0.2) is 0 Å². The average molecular weight is 221 g/mol. The molecule has 1 aromatic heterocycles. The van der Waals surface area contributed by atoms with Gasteiger partial charge < -0.3 is 5.73 Å². The van der Waals surface area contributed by atoms with E-state index in [1.807, 2.05) is 12.1 Å². The molecule has 2 N–H and O–H groups in total. The Bertz CT molecular complexity index is 295. The molecule has 0 aliphatic carbocycles. The van der Waals surface area contributed by atoms with Crippen molar-refractivity contribution >= 4 is 5.69 Å². The molecule has 3 heteroatoms. The van der Waals surface area contributed by atoms with Crippen LogP contribution in [0.25, 0.3) is 0 Å². The van der Waals surface area contributed by atoms with E-state index in [0.717, 1.165) is 36.9 Å². The molecular weight excluding hydrogens is 198 g/mol. The molecular formula is C13H23N3. The predicted octanol–water partition coefficient (Wildman–Crippen LogP) is 2.53. The van der Waals surface area contributed by atoms with Crippen molar-refractivity contribution in [2.45, 2.75) is 33.7 Å². The molecule has 1 rings (SSSR count). The van der Waals surface area contributed by atoms with E-state index >= 15 is 0 Å². The summed E-state index contributed by atoms with van der Waals surface area (Å²) in [5.74, 6) is 0.744. The predicted molar refractivity (Wildman–Crippen MR) is 69.1 cm³/mol. The molecule has 0 saturated carbocycles. The van der Waals surface area contributed by atoms with E-state index in [1.54, 1.807) is 6.20 Å². The molecule has 1 heterocycles. The maximum Gasteiger partial charge on any atom is 0.0545 e. The van der Waals surface area contributed by atoms with Gasteiger partial charge in [-0.3, -0.25) is 9.88 Å². The van der Waals surface area contributed by atoms with E-state index in [1.165, 1.54) is 6.42 Å². The first-order valence-electron chi connectivity index (χ1n) is 6.08. The molecule has 1 aromatic rings. The lowest BCUT2D eigenvalue weighted by Crippen LogP contribution is -2.28. The van der Waals surface area contributed by atoms with Gasteiger partial charge in [-0.25, -0.2) is 0 Å². The summed E-state index contributed by atoms with van der Waals surface area (Å²) >= 11 is 0. The number of rotatable bonds is 6. The van der Waals surface area contributed by atoms with Crippen LogP contribution in [0, 0.1) is 5.92 Å². The largest absolute Gasteiger partial charge is 0.397 e. The molecule has 3 nitrogen and oxygen atoms in total. The van der Waals surface area contributed by atoms with Crippen molar-refractivity contribution in [2.75, 3.05) is 18.8 Å². The van der Waals surface area contributed by atoms with Crippen LogP contribution in [0.2, 0.25) is 0 Å². The van der Waals surface area contributed by atoms with Crippen LogP contribution >= 0.6 is 0 Å². The van der Waals surface area contributed by atoms with Crippen LogP contribution in [0.5, 0.6) is 0 Å². The highest BCUT2D eigenvalue weighted by molar-refractivity contribution is 5.34. The Hall–Kier alpha value is -1.09. The molecule has 1 atom stereocenters. The Balaban J connectivity index is 2.52. The summed E-state index contributed by atoms with van der Waals surface area (Å²) < 4.78 is 0. The van der Waals surface area contributed by atoms with E-state index in [9.17, 15) is 0 Å². The minimum absolute atomic E-state index is 0.730. The molecule has 0 aliphatic heterocycles. The van der Waals surface area contributed by atoms with Crippen molar-refractivity contribution in [3.05, 3.63) is 24.0 Å². The molecule has 1 unspecified atom stereocenters. The van der Waals surface area contributed by atoms with E-state index < -0.39 is 0 Å². The first-order chi connectivity index (χ1) is 7.65. The minimum atomic E-state index is 0.730. The van der Waals surface area contributed by atoms with E-state index in [4.69, 9.17) is 5.73 Å². The molecule has 0 aliphatic rings. The molecule has 0 aromatic carbocycles. The lowest BCUT2D eigenvalue weighted by atomic mass is 10.1. The number of hydrogen-bond donors (Lipinski definition) is 1. The summed E-state index contributed by atoms with van der Waals surface area (Å²) in [6.07, 6.45) is 2.96. The number of aromatic nitrogens is 1. The highest BCUT2D eigenvalue weighted by Gasteiger charge is 2.08. The van der Waals surface area contributed by atoms with Gasteiger partial charge in [-0.2, -0.15) is 0 Å². The highest BCUT2D eigenvalue weighted by Crippen LogP contribution is 2.09. The van der Waals surface area contributed by atoms with Crippen LogP contribution in [0.4, 0.5) is 5.69 Å². The molecule has 0 bridgehead atoms. The van der Waals surface area contributed by atoms with Gasteiger partial charge in [0.05, 0.1) is 17.6 Å². The number of nitrogen functional groups attached to an aromatic ring is 1. The monoisotopic (exact) mass is 221 g/mol. The van der Waals surface area contributed by atoms with Gasteiger partial charge in [-0.15, -0.1) is 0 Å². The summed E-state index contributed by atoms with van der Waals surface area (Å²) in [5, 5.41) is 0. The van der Waals surface area contributed by atoms with Crippen LogP contribution < -0.4 is 5.73 Å². The number of anilines is 1. The van der Waals surface area contributed by atoms with Gasteiger partial charge in [-0.05, 0) is 24.6 Å². The van der Waals surface area contributed by atoms with Crippen LogP contribution in [0.3, 0.4) is 0 Å². The normalized spacial score (nSPS) is 13.0. The minimum Gasteiger partial charge on any atom is -0.397 e. The Labute approximate surface area is 98.7 Å². The second-order valence-electron chi connectivity index (χ2n) is 4.42. The van der Waals surface area contributed by atoms with E-state index in [2.05, 4.69) is 30.7 Å². The fourth-order valence-electron chi connectivity index (χ4n) is 1.63. The molecule has 0 spiro atoms. The number of hydrogen-bond acceptors (Lipinski definition) is 3. The number of nitrogens with zero attached hydrogens (tertiary/aromatic N) is 2. The van der Waals surface area contributed by atoms with Gasteiger partial charge in [0, 0.05) is 13.1 Å². The molecule has 0 saturated heterocycles. The van der Waals surface area contributed by atoms with Gasteiger partial charge in [0.25, 0.3) is 0 Å². The lowest BCUT2D eigenvalue weighted by molar-refractivity contribution is 0.235. The van der Waals surface area contributed by atoms with Crippen molar-refractivity contribution in [3.8, 4) is 0 Å². The quantitative estimate of drug-likeness (QED) is 0.802. The Kier molecular flexibility index (Phi) is 5.26. The summed E-state index contributed by atoms with van der Waals surface area (Å²) in [7, 11) is 0. The SMILES string of the molecule is CCC(C)CN(CC)Cc1ccc(N)cn1. The maximum absolute atomic E-state index is 5.62. The van der Waals surface area contributed by atoms with Crippen molar-refractivity contribution in [1.29, 1.82) is 0 Å². The zero-order valence-corrected chi connectivity index (χ0v) is 10.6. The first kappa shape index (κ1) is 13.0. The molecule has 0 fully saturated rings. The maximum atomic E-state index is 5.62. The number of nitrogens with two attached hydrogens (primary N) is 1. The van der Waals surface area contributed by atoms with Crippen LogP contribution in [0.15, 0.2) is 18.3 Å². The zero-order valence-electron chi connectivity index (χ0n) is 10.6. The van der Waals surface area contributed by atoms with Gasteiger partial charge >= 0.3 is 0 Å². The second kappa shape index (κ2) is 6.48. The van der Waals surface area contributed by atoms with Crippen molar-refractivity contribution in [3.63, 3.8) is 0 Å². The Morgan fingerprint density at radius 3 is 2.62 bits per heavy atom. The van der Waals surface area contributed by atoms with Crippen molar-refractivity contribution in [2.24, 2.45) is 5.92 Å². The lowest BCUT2D eigenvalue weighted by Gasteiger charge is -2.23. The smallest absolute Gasteiger partial charge is 0.0545 e. The van der Waals surface area contributed by atoms with E-state index in [0.29, 0.717) is 0 Å². The second-order valence-corrected chi connectivity index (χ2v) is 4.42. The van der Waals surface area contributed by atoms with Crippen molar-refractivity contribution in [1.82, 2.24) is 9.88 Å². The summed E-state index contributed by atoms with van der Waals surface area (Å²) in [5.41, 5.74) is 7.44. The Morgan fingerprint density at radius 1 is 1.38 bits per heavy atom. The topological polar surface area (TPSA) is 42.1 Å². The van der Waals surface area contributed by atoms with Crippen LogP contribution in [-0.4, -0.2) is 23.0 Å². The van der Waals surface area contributed by atoms with Crippen LogP contribution in [0.1, 0.15) is 32.9 Å². The standard InChI is InChI=1S/C13H23N3/c1-4-11(3)9-16(5-2)10-13-7-6-12(14)8-15-13/h6-8,11H,4-5,9-10,14H2,1-3H3. The third kappa shape index (κ3) is 4.19. The molecule has 0 amide bonds. The first-order valence-corrected chi connectivity index (χ1v) is 6.08. The molecule has 90 valence electrons. The van der Waals surface area contributed by atoms with Crippen molar-refractivity contribution < 1.29 is 0 Å². The Morgan fingerprint density at radius 2 is 2.12 bits per heavy atom. The van der Waals surface area contributed by atoms with E-state index in [-0.39, 0.29) is 0 Å². The molecule has 0 radical (unpaired) electrons. The van der Waals surface area contributed by atoms with Gasteiger partial charge in [0.2, 0.25) is 0 Å². The fraction of sp³-hybridized carbons (Fsp3) is 0.615. The summed E-state index contributed by atoms with van der Waals surface area (Å²) in [6.45, 7) is 9.84. The number of pyridine rings is 1. The molecule has 16 heavy (non-hydrogen) atoms. The highest BCUT2D eigenvalue weighted by atomic mass is 15.1. The average Bonchev–Trinajstić information content (AvgIpc) is 2.30. The summed E-state index contributed by atoms with van der Waals surface area (Å²) in [6, 6.07) is 3.92. The zero-order chi connectivity index (χ0) is 12.0. The summed E-state index contributed by atoms with van der Waals surface area (Å²) in [4.78, 5) is 6.76. The fourth-order valence-corrected chi connectivity index (χ4v) is 1.63.